The summed E-state index contributed by atoms with van der Waals surface area (Å²) in [6.45, 7) is 0.524. The summed E-state index contributed by atoms with van der Waals surface area (Å²) in [6, 6.07) is 16.9. The molecule has 0 heterocycles. The Bertz CT molecular complexity index is 666. The summed E-state index contributed by atoms with van der Waals surface area (Å²) in [5.41, 5.74) is 2.29. The Balaban J connectivity index is 1.86. The molecule has 0 fully saturated rings. The third kappa shape index (κ3) is 4.33. The molecule has 106 valence electrons. The zero-order valence-electron chi connectivity index (χ0n) is 11.2. The van der Waals surface area contributed by atoms with Gasteiger partial charge in [0.05, 0.1) is 5.56 Å². The van der Waals surface area contributed by atoms with E-state index in [-0.39, 0.29) is 6.61 Å². The SMILES string of the molecule is N#Cc1cccc(CNC(=O)OCc2ccccc2)c1Br. The number of hydrogen-bond donors (Lipinski definition) is 1. The third-order valence-electron chi connectivity index (χ3n) is 2.84. The van der Waals surface area contributed by atoms with Crippen LogP contribution in [0, 0.1) is 11.3 Å². The second-order valence-electron chi connectivity index (χ2n) is 4.31. The Kier molecular flexibility index (Phi) is 5.35. The lowest BCUT2D eigenvalue weighted by Gasteiger charge is -2.09. The zero-order valence-corrected chi connectivity index (χ0v) is 12.8. The van der Waals surface area contributed by atoms with Gasteiger partial charge in [0.25, 0.3) is 0 Å². The van der Waals surface area contributed by atoms with E-state index in [1.165, 1.54) is 0 Å². The van der Waals surface area contributed by atoms with Crippen LogP contribution in [-0.2, 0) is 17.9 Å². The van der Waals surface area contributed by atoms with Gasteiger partial charge >= 0.3 is 6.09 Å². The molecular weight excluding hydrogens is 332 g/mol. The second kappa shape index (κ2) is 7.46. The highest BCUT2D eigenvalue weighted by Crippen LogP contribution is 2.20. The number of nitrogens with one attached hydrogen (secondary N) is 1. The van der Waals surface area contributed by atoms with E-state index in [1.807, 2.05) is 36.4 Å². The lowest BCUT2D eigenvalue weighted by atomic mass is 10.1. The molecule has 2 aromatic rings. The molecule has 1 N–H and O–H groups in total. The predicted octanol–water partition coefficient (Wildman–Crippen LogP) is 3.75. The summed E-state index contributed by atoms with van der Waals surface area (Å²) in [6.07, 6.45) is -0.492. The number of hydrogen-bond acceptors (Lipinski definition) is 3. The number of nitriles is 1. The van der Waals surface area contributed by atoms with Crippen molar-refractivity contribution in [2.45, 2.75) is 13.2 Å². The van der Waals surface area contributed by atoms with Crippen molar-refractivity contribution in [1.82, 2.24) is 5.32 Å². The van der Waals surface area contributed by atoms with Crippen molar-refractivity contribution >= 4 is 22.0 Å². The molecule has 0 unspecified atom stereocenters. The molecule has 0 spiro atoms. The van der Waals surface area contributed by atoms with Crippen LogP contribution in [0.25, 0.3) is 0 Å². The number of rotatable bonds is 4. The summed E-state index contributed by atoms with van der Waals surface area (Å²) < 4.78 is 5.81. The smallest absolute Gasteiger partial charge is 0.407 e. The van der Waals surface area contributed by atoms with Crippen LogP contribution >= 0.6 is 15.9 Å². The van der Waals surface area contributed by atoms with Gasteiger partial charge in [0.2, 0.25) is 0 Å². The quantitative estimate of drug-likeness (QED) is 0.918. The Labute approximate surface area is 131 Å². The van der Waals surface area contributed by atoms with Crippen molar-refractivity contribution in [3.05, 3.63) is 69.7 Å². The standard InChI is InChI=1S/C16H13BrN2O2/c17-15-13(9-18)7-4-8-14(15)10-19-16(20)21-11-12-5-2-1-3-6-12/h1-8H,10-11H2,(H,19,20). The van der Waals surface area contributed by atoms with Gasteiger partial charge in [-0.3, -0.25) is 0 Å². The number of amides is 1. The number of benzene rings is 2. The normalized spacial score (nSPS) is 9.71. The maximum absolute atomic E-state index is 11.6. The number of nitrogens with zero attached hydrogens (tertiary/aromatic N) is 1. The molecule has 0 saturated carbocycles. The van der Waals surface area contributed by atoms with Crippen LogP contribution in [-0.4, -0.2) is 6.09 Å². The minimum Gasteiger partial charge on any atom is -0.445 e. The molecule has 0 bridgehead atoms. The van der Waals surface area contributed by atoms with Crippen LogP contribution in [0.15, 0.2) is 53.0 Å². The summed E-state index contributed by atoms with van der Waals surface area (Å²) in [4.78, 5) is 11.6. The van der Waals surface area contributed by atoms with E-state index in [4.69, 9.17) is 10.00 Å². The van der Waals surface area contributed by atoms with Crippen LogP contribution in [0.2, 0.25) is 0 Å². The van der Waals surface area contributed by atoms with E-state index in [2.05, 4.69) is 27.3 Å². The third-order valence-corrected chi connectivity index (χ3v) is 3.77. The second-order valence-corrected chi connectivity index (χ2v) is 5.10. The first-order chi connectivity index (χ1) is 10.2. The predicted molar refractivity (Wildman–Crippen MR) is 82.3 cm³/mol. The highest BCUT2D eigenvalue weighted by molar-refractivity contribution is 9.10. The number of carbonyl (C=O) groups is 1. The summed E-state index contributed by atoms with van der Waals surface area (Å²) in [5.74, 6) is 0. The maximum atomic E-state index is 11.6. The largest absolute Gasteiger partial charge is 0.445 e. The molecule has 0 aliphatic carbocycles. The van der Waals surface area contributed by atoms with E-state index in [0.29, 0.717) is 16.6 Å². The lowest BCUT2D eigenvalue weighted by molar-refractivity contribution is 0.139. The first-order valence-corrected chi connectivity index (χ1v) is 7.12. The van der Waals surface area contributed by atoms with Gasteiger partial charge in [-0.1, -0.05) is 42.5 Å². The molecule has 0 aliphatic rings. The van der Waals surface area contributed by atoms with Gasteiger partial charge in [-0.2, -0.15) is 5.26 Å². The van der Waals surface area contributed by atoms with Crippen molar-refractivity contribution in [2.24, 2.45) is 0 Å². The monoisotopic (exact) mass is 344 g/mol. The van der Waals surface area contributed by atoms with Crippen molar-refractivity contribution in [3.63, 3.8) is 0 Å². The fourth-order valence-corrected chi connectivity index (χ4v) is 2.24. The minimum atomic E-state index is -0.492. The first kappa shape index (κ1) is 15.1. The Morgan fingerprint density at radius 3 is 2.67 bits per heavy atom. The van der Waals surface area contributed by atoms with Crippen LogP contribution in [0.3, 0.4) is 0 Å². The number of ether oxygens (including phenoxy) is 1. The molecule has 0 saturated heterocycles. The number of carbonyl (C=O) groups excluding carboxylic acids is 1. The molecule has 0 aliphatic heterocycles. The Morgan fingerprint density at radius 1 is 1.19 bits per heavy atom. The molecule has 2 rings (SSSR count). The minimum absolute atomic E-state index is 0.228. The van der Waals surface area contributed by atoms with Crippen LogP contribution in [0.4, 0.5) is 4.79 Å². The van der Waals surface area contributed by atoms with Gasteiger partial charge < -0.3 is 10.1 Å². The molecule has 2 aromatic carbocycles. The first-order valence-electron chi connectivity index (χ1n) is 6.32. The van der Waals surface area contributed by atoms with Gasteiger partial charge in [0.15, 0.2) is 0 Å². The summed E-state index contributed by atoms with van der Waals surface area (Å²) >= 11 is 3.35. The van der Waals surface area contributed by atoms with E-state index in [0.717, 1.165) is 11.1 Å². The van der Waals surface area contributed by atoms with E-state index < -0.39 is 6.09 Å². The van der Waals surface area contributed by atoms with Crippen LogP contribution in [0.5, 0.6) is 0 Å². The molecule has 21 heavy (non-hydrogen) atoms. The van der Waals surface area contributed by atoms with Gasteiger partial charge in [0.1, 0.15) is 12.7 Å². The van der Waals surface area contributed by atoms with Crippen LogP contribution in [0.1, 0.15) is 16.7 Å². The molecule has 5 heteroatoms. The average Bonchev–Trinajstić information content (AvgIpc) is 2.53. The van der Waals surface area contributed by atoms with Gasteiger partial charge in [-0.05, 0) is 33.1 Å². The van der Waals surface area contributed by atoms with E-state index in [1.54, 1.807) is 12.1 Å². The van der Waals surface area contributed by atoms with Gasteiger partial charge in [0, 0.05) is 11.0 Å². The van der Waals surface area contributed by atoms with Crippen molar-refractivity contribution in [2.75, 3.05) is 0 Å². The zero-order chi connectivity index (χ0) is 15.1. The van der Waals surface area contributed by atoms with Gasteiger partial charge in [-0.25, -0.2) is 4.79 Å². The lowest BCUT2D eigenvalue weighted by Crippen LogP contribution is -2.23. The molecule has 4 nitrogen and oxygen atoms in total. The van der Waals surface area contributed by atoms with Crippen molar-refractivity contribution in [1.29, 1.82) is 5.26 Å². The van der Waals surface area contributed by atoms with Crippen molar-refractivity contribution in [3.8, 4) is 6.07 Å². The topological polar surface area (TPSA) is 62.1 Å². The van der Waals surface area contributed by atoms with E-state index in [9.17, 15) is 4.79 Å². The van der Waals surface area contributed by atoms with Crippen LogP contribution < -0.4 is 5.32 Å². The highest BCUT2D eigenvalue weighted by Gasteiger charge is 2.07. The summed E-state index contributed by atoms with van der Waals surface area (Å²) in [5, 5.41) is 11.6. The molecule has 0 radical (unpaired) electrons. The maximum Gasteiger partial charge on any atom is 0.407 e. The molecule has 1 amide bonds. The number of alkyl carbamates (subject to hydrolysis) is 1. The van der Waals surface area contributed by atoms with Gasteiger partial charge in [-0.15, -0.1) is 0 Å². The Hall–Kier alpha value is -2.32. The average molecular weight is 345 g/mol. The molecular formula is C16H13BrN2O2. The van der Waals surface area contributed by atoms with E-state index >= 15 is 0 Å². The fraction of sp³-hybridized carbons (Fsp3) is 0.125. The van der Waals surface area contributed by atoms with Crippen molar-refractivity contribution < 1.29 is 9.53 Å². The molecule has 0 atom stereocenters. The highest BCUT2D eigenvalue weighted by atomic mass is 79.9. The Morgan fingerprint density at radius 2 is 1.95 bits per heavy atom. The number of halogens is 1. The fourth-order valence-electron chi connectivity index (χ4n) is 1.74. The molecule has 0 aromatic heterocycles. The summed E-state index contributed by atoms with van der Waals surface area (Å²) in [7, 11) is 0.